The van der Waals surface area contributed by atoms with Crippen LogP contribution in [0.4, 0.5) is 26.3 Å². The minimum Gasteiger partial charge on any atom is -0.324 e. The molecule has 0 atom stereocenters. The van der Waals surface area contributed by atoms with Crippen molar-refractivity contribution in [3.05, 3.63) is 23.3 Å². The number of nitrogens with zero attached hydrogens (tertiary/aromatic N) is 2. The van der Waals surface area contributed by atoms with Crippen LogP contribution in [0, 0.1) is 0 Å². The summed E-state index contributed by atoms with van der Waals surface area (Å²) in [4.78, 5) is 5.75. The number of alkyl halides is 6. The second-order valence-corrected chi connectivity index (χ2v) is 2.75. The van der Waals surface area contributed by atoms with Gasteiger partial charge in [0.25, 0.3) is 0 Å². The van der Waals surface area contributed by atoms with Crippen molar-refractivity contribution in [3.8, 4) is 0 Å². The summed E-state index contributed by atoms with van der Waals surface area (Å²) in [5.74, 6) is -0.706. The van der Waals surface area contributed by atoms with Crippen LogP contribution in [0.15, 0.2) is 6.07 Å². The Labute approximate surface area is 97.5 Å². The summed E-state index contributed by atoms with van der Waals surface area (Å²) < 4.78 is 73.0. The molecule has 0 aliphatic rings. The van der Waals surface area contributed by atoms with E-state index in [0.29, 0.717) is 0 Å². The Balaban J connectivity index is 0.00000256. The molecule has 3 nitrogen and oxygen atoms in total. The number of hydrogen-bond donors (Lipinski definition) is 1. The Morgan fingerprint density at radius 2 is 1.29 bits per heavy atom. The first-order chi connectivity index (χ1) is 7.14. The van der Waals surface area contributed by atoms with Gasteiger partial charge in [0, 0.05) is 0 Å². The first kappa shape index (κ1) is 15.9. The standard InChI is InChI=1S/C7H5F6N3.ClH/c8-6(9,10)3-1-4(7(11,12)13)16-5(2-14)15-3;/h1H,2,14H2;1H. The van der Waals surface area contributed by atoms with E-state index in [2.05, 4.69) is 9.97 Å². The third-order valence-electron chi connectivity index (χ3n) is 1.54. The van der Waals surface area contributed by atoms with Crippen molar-refractivity contribution in [2.45, 2.75) is 18.9 Å². The molecule has 0 amide bonds. The topological polar surface area (TPSA) is 51.8 Å². The first-order valence-corrected chi connectivity index (χ1v) is 3.87. The number of hydrogen-bond acceptors (Lipinski definition) is 3. The van der Waals surface area contributed by atoms with Gasteiger partial charge in [0.15, 0.2) is 0 Å². The maximum Gasteiger partial charge on any atom is 0.433 e. The van der Waals surface area contributed by atoms with E-state index in [0.717, 1.165) is 0 Å². The number of halogens is 7. The molecule has 98 valence electrons. The Kier molecular flexibility index (Phi) is 4.72. The molecule has 0 aliphatic heterocycles. The molecule has 0 saturated carbocycles. The predicted molar refractivity (Wildman–Crippen MR) is 47.2 cm³/mol. The van der Waals surface area contributed by atoms with Gasteiger partial charge in [-0.3, -0.25) is 0 Å². The molecular formula is C7H6ClF6N3. The highest BCUT2D eigenvalue weighted by Gasteiger charge is 2.39. The van der Waals surface area contributed by atoms with Crippen LogP contribution in [-0.4, -0.2) is 9.97 Å². The van der Waals surface area contributed by atoms with Gasteiger partial charge in [-0.2, -0.15) is 26.3 Å². The van der Waals surface area contributed by atoms with Crippen LogP contribution in [0.25, 0.3) is 0 Å². The van der Waals surface area contributed by atoms with E-state index in [9.17, 15) is 26.3 Å². The lowest BCUT2D eigenvalue weighted by molar-refractivity contribution is -0.147. The highest BCUT2D eigenvalue weighted by atomic mass is 35.5. The van der Waals surface area contributed by atoms with Crippen LogP contribution in [0.3, 0.4) is 0 Å². The fourth-order valence-electron chi connectivity index (χ4n) is 0.879. The third-order valence-corrected chi connectivity index (χ3v) is 1.54. The average Bonchev–Trinajstić information content (AvgIpc) is 2.14. The van der Waals surface area contributed by atoms with Gasteiger partial charge in [-0.25, -0.2) is 9.97 Å². The van der Waals surface area contributed by atoms with Gasteiger partial charge in [0.1, 0.15) is 17.2 Å². The second kappa shape index (κ2) is 5.05. The molecule has 1 heterocycles. The highest BCUT2D eigenvalue weighted by Crippen LogP contribution is 2.33. The van der Waals surface area contributed by atoms with Crippen molar-refractivity contribution in [1.29, 1.82) is 0 Å². The quantitative estimate of drug-likeness (QED) is 0.804. The average molecular weight is 282 g/mol. The van der Waals surface area contributed by atoms with Crippen LogP contribution < -0.4 is 5.73 Å². The summed E-state index contributed by atoms with van der Waals surface area (Å²) in [5.41, 5.74) is 1.60. The molecular weight excluding hydrogens is 276 g/mol. The monoisotopic (exact) mass is 281 g/mol. The van der Waals surface area contributed by atoms with E-state index in [1.165, 1.54) is 0 Å². The van der Waals surface area contributed by atoms with Gasteiger partial charge in [-0.15, -0.1) is 12.4 Å². The second-order valence-electron chi connectivity index (χ2n) is 2.75. The molecule has 0 aliphatic carbocycles. The summed E-state index contributed by atoms with van der Waals surface area (Å²) in [7, 11) is 0. The maximum absolute atomic E-state index is 12.2. The lowest BCUT2D eigenvalue weighted by atomic mass is 10.3. The molecule has 0 saturated heterocycles. The van der Waals surface area contributed by atoms with Gasteiger partial charge in [-0.05, 0) is 6.07 Å². The fraction of sp³-hybridized carbons (Fsp3) is 0.429. The SMILES string of the molecule is Cl.NCc1nc(C(F)(F)F)cc(C(F)(F)F)n1. The van der Waals surface area contributed by atoms with E-state index in [1.54, 1.807) is 0 Å². The molecule has 0 radical (unpaired) electrons. The molecule has 17 heavy (non-hydrogen) atoms. The summed E-state index contributed by atoms with van der Waals surface area (Å²) >= 11 is 0. The molecule has 2 N–H and O–H groups in total. The van der Waals surface area contributed by atoms with Crippen molar-refractivity contribution in [2.24, 2.45) is 5.73 Å². The number of nitrogens with two attached hydrogens (primary N) is 1. The van der Waals surface area contributed by atoms with Crippen LogP contribution in [0.5, 0.6) is 0 Å². The largest absolute Gasteiger partial charge is 0.433 e. The summed E-state index contributed by atoms with van der Waals surface area (Å²) in [6, 6.07) is -0.154. The Bertz CT molecular complexity index is 356. The third kappa shape index (κ3) is 4.00. The lowest BCUT2D eigenvalue weighted by Gasteiger charge is -2.11. The van der Waals surface area contributed by atoms with E-state index >= 15 is 0 Å². The van der Waals surface area contributed by atoms with Gasteiger partial charge in [0.05, 0.1) is 6.54 Å². The summed E-state index contributed by atoms with van der Waals surface area (Å²) in [5, 5.41) is 0. The van der Waals surface area contributed by atoms with E-state index in [1.807, 2.05) is 0 Å². The van der Waals surface area contributed by atoms with Crippen molar-refractivity contribution < 1.29 is 26.3 Å². The zero-order chi connectivity index (χ0) is 12.6. The van der Waals surface area contributed by atoms with Crippen LogP contribution >= 0.6 is 12.4 Å². The van der Waals surface area contributed by atoms with Crippen molar-refractivity contribution >= 4 is 12.4 Å². The number of aromatic nitrogens is 2. The molecule has 0 aromatic carbocycles. The Morgan fingerprint density at radius 1 is 0.941 bits per heavy atom. The molecule has 0 bridgehead atoms. The maximum atomic E-state index is 12.2. The predicted octanol–water partition coefficient (Wildman–Crippen LogP) is 2.39. The minimum atomic E-state index is -4.97. The molecule has 1 rings (SSSR count). The van der Waals surface area contributed by atoms with Gasteiger partial charge in [0.2, 0.25) is 0 Å². The fourth-order valence-corrected chi connectivity index (χ4v) is 0.879. The molecule has 1 aromatic rings. The van der Waals surface area contributed by atoms with E-state index in [-0.39, 0.29) is 18.5 Å². The zero-order valence-corrected chi connectivity index (χ0v) is 8.75. The molecule has 0 fully saturated rings. The van der Waals surface area contributed by atoms with Crippen LogP contribution in [0.2, 0.25) is 0 Å². The van der Waals surface area contributed by atoms with Crippen LogP contribution in [-0.2, 0) is 18.9 Å². The van der Waals surface area contributed by atoms with Gasteiger partial charge >= 0.3 is 12.4 Å². The molecule has 0 spiro atoms. The molecule has 1 aromatic heterocycles. The van der Waals surface area contributed by atoms with Gasteiger partial charge < -0.3 is 5.73 Å². The molecule has 0 unspecified atom stereocenters. The first-order valence-electron chi connectivity index (χ1n) is 3.87. The van der Waals surface area contributed by atoms with Crippen LogP contribution in [0.1, 0.15) is 17.2 Å². The van der Waals surface area contributed by atoms with Crippen molar-refractivity contribution in [3.63, 3.8) is 0 Å². The Morgan fingerprint density at radius 3 is 1.53 bits per heavy atom. The normalized spacial score (nSPS) is 12.2. The Hall–Kier alpha value is -1.09. The van der Waals surface area contributed by atoms with E-state index in [4.69, 9.17) is 5.73 Å². The minimum absolute atomic E-state index is 0. The van der Waals surface area contributed by atoms with Crippen molar-refractivity contribution in [2.75, 3.05) is 0 Å². The lowest BCUT2D eigenvalue weighted by Crippen LogP contribution is -2.18. The highest BCUT2D eigenvalue weighted by molar-refractivity contribution is 5.85. The zero-order valence-electron chi connectivity index (χ0n) is 7.93. The number of rotatable bonds is 1. The van der Waals surface area contributed by atoms with Gasteiger partial charge in [-0.1, -0.05) is 0 Å². The summed E-state index contributed by atoms with van der Waals surface area (Å²) in [6.45, 7) is -0.604. The summed E-state index contributed by atoms with van der Waals surface area (Å²) in [6.07, 6.45) is -9.93. The molecule has 10 heteroatoms. The van der Waals surface area contributed by atoms with E-state index < -0.39 is 36.1 Å². The smallest absolute Gasteiger partial charge is 0.324 e. The van der Waals surface area contributed by atoms with Crippen molar-refractivity contribution in [1.82, 2.24) is 9.97 Å².